The van der Waals surface area contributed by atoms with Crippen molar-refractivity contribution in [2.45, 2.75) is 20.3 Å². The zero-order valence-corrected chi connectivity index (χ0v) is 8.70. The molecule has 78 valence electrons. The van der Waals surface area contributed by atoms with Gasteiger partial charge in [-0.05, 0) is 19.1 Å². The number of rotatable bonds is 2. The predicted molar refractivity (Wildman–Crippen MR) is 57.2 cm³/mol. The van der Waals surface area contributed by atoms with Crippen LogP contribution in [0, 0.1) is 6.92 Å². The second kappa shape index (κ2) is 3.42. The molecule has 2 rings (SSSR count). The first kappa shape index (κ1) is 9.77. The second-order valence-corrected chi connectivity index (χ2v) is 3.51. The number of phenolic OH excluding ortho intramolecular Hbond substituents is 1. The summed E-state index contributed by atoms with van der Waals surface area (Å²) in [7, 11) is 0. The number of ketones is 1. The summed E-state index contributed by atoms with van der Waals surface area (Å²) in [6, 6.07) is 4.87. The molecule has 0 spiro atoms. The molecule has 0 amide bonds. The van der Waals surface area contributed by atoms with Crippen molar-refractivity contribution in [2.75, 3.05) is 0 Å². The first-order chi connectivity index (χ1) is 7.13. The summed E-state index contributed by atoms with van der Waals surface area (Å²) in [5.41, 5.74) is 1.40. The highest BCUT2D eigenvalue weighted by Gasteiger charge is 2.15. The van der Waals surface area contributed by atoms with Crippen molar-refractivity contribution in [2.24, 2.45) is 0 Å². The van der Waals surface area contributed by atoms with Gasteiger partial charge in [-0.2, -0.15) is 0 Å². The Balaban J connectivity index is 2.69. The van der Waals surface area contributed by atoms with Crippen LogP contribution in [0.15, 0.2) is 22.6 Å². The summed E-state index contributed by atoms with van der Waals surface area (Å²) >= 11 is 0. The molecule has 0 unspecified atom stereocenters. The number of furan rings is 1. The van der Waals surface area contributed by atoms with Crippen molar-refractivity contribution >= 4 is 16.8 Å². The van der Waals surface area contributed by atoms with Crippen molar-refractivity contribution in [1.29, 1.82) is 0 Å². The summed E-state index contributed by atoms with van der Waals surface area (Å²) in [6.07, 6.45) is 0.423. The third-order valence-electron chi connectivity index (χ3n) is 2.50. The molecule has 1 N–H and O–H groups in total. The molecule has 0 radical (unpaired) electrons. The maximum Gasteiger partial charge on any atom is 0.198 e. The highest BCUT2D eigenvalue weighted by atomic mass is 16.3. The number of benzene rings is 1. The van der Waals surface area contributed by atoms with Gasteiger partial charge >= 0.3 is 0 Å². The molecule has 0 bridgehead atoms. The van der Waals surface area contributed by atoms with E-state index in [9.17, 15) is 9.90 Å². The van der Waals surface area contributed by atoms with Gasteiger partial charge in [0.15, 0.2) is 11.5 Å². The molecule has 3 heteroatoms. The summed E-state index contributed by atoms with van der Waals surface area (Å²) in [6.45, 7) is 3.65. The lowest BCUT2D eigenvalue weighted by atomic mass is 10.1. The number of Topliss-reactive ketones (excluding diaryl/α,β-unsaturated/α-hetero) is 1. The largest absolute Gasteiger partial charge is 0.508 e. The number of carbonyl (C=O) groups excluding carboxylic acids is 1. The average molecular weight is 204 g/mol. The van der Waals surface area contributed by atoms with Crippen LogP contribution in [0.25, 0.3) is 11.0 Å². The summed E-state index contributed by atoms with van der Waals surface area (Å²) < 4.78 is 5.42. The molecule has 1 aromatic carbocycles. The SMILES string of the molecule is CCC(=O)c1oc2cc(O)ccc2c1C. The minimum atomic E-state index is -0.0109. The molecule has 0 saturated carbocycles. The van der Waals surface area contributed by atoms with Crippen LogP contribution in [-0.4, -0.2) is 10.9 Å². The van der Waals surface area contributed by atoms with Gasteiger partial charge < -0.3 is 9.52 Å². The predicted octanol–water partition coefficient (Wildman–Crippen LogP) is 3.04. The summed E-state index contributed by atoms with van der Waals surface area (Å²) in [5, 5.41) is 10.2. The van der Waals surface area contributed by atoms with Crippen molar-refractivity contribution in [3.05, 3.63) is 29.5 Å². The van der Waals surface area contributed by atoms with Crippen LogP contribution in [0.4, 0.5) is 0 Å². The zero-order chi connectivity index (χ0) is 11.0. The van der Waals surface area contributed by atoms with Crippen molar-refractivity contribution in [3.63, 3.8) is 0 Å². The van der Waals surface area contributed by atoms with E-state index in [1.54, 1.807) is 19.1 Å². The van der Waals surface area contributed by atoms with Gasteiger partial charge in [-0.3, -0.25) is 4.79 Å². The van der Waals surface area contributed by atoms with Gasteiger partial charge in [0, 0.05) is 23.4 Å². The Morgan fingerprint density at radius 3 is 2.87 bits per heavy atom. The molecule has 0 aliphatic heterocycles. The van der Waals surface area contributed by atoms with Crippen LogP contribution >= 0.6 is 0 Å². The first-order valence-corrected chi connectivity index (χ1v) is 4.88. The highest BCUT2D eigenvalue weighted by Crippen LogP contribution is 2.28. The zero-order valence-electron chi connectivity index (χ0n) is 8.70. The molecule has 1 heterocycles. The van der Waals surface area contributed by atoms with Crippen LogP contribution in [-0.2, 0) is 0 Å². The van der Waals surface area contributed by atoms with E-state index in [1.807, 2.05) is 6.92 Å². The Kier molecular flexibility index (Phi) is 2.23. The molecule has 0 atom stereocenters. The molecule has 1 aromatic heterocycles. The Labute approximate surface area is 87.3 Å². The van der Waals surface area contributed by atoms with Crippen LogP contribution < -0.4 is 0 Å². The molecular weight excluding hydrogens is 192 g/mol. The van der Waals surface area contributed by atoms with Crippen molar-refractivity contribution < 1.29 is 14.3 Å². The van der Waals surface area contributed by atoms with Crippen LogP contribution in [0.2, 0.25) is 0 Å². The lowest BCUT2D eigenvalue weighted by Gasteiger charge is -1.92. The van der Waals surface area contributed by atoms with E-state index in [1.165, 1.54) is 6.07 Å². The van der Waals surface area contributed by atoms with E-state index < -0.39 is 0 Å². The molecule has 3 nitrogen and oxygen atoms in total. The normalized spacial score (nSPS) is 10.8. The fourth-order valence-corrected chi connectivity index (χ4v) is 1.64. The smallest absolute Gasteiger partial charge is 0.198 e. The summed E-state index contributed by atoms with van der Waals surface area (Å²) in [4.78, 5) is 11.5. The molecule has 0 aliphatic rings. The lowest BCUT2D eigenvalue weighted by Crippen LogP contribution is -1.95. The minimum absolute atomic E-state index is 0.0109. The number of hydrogen-bond donors (Lipinski definition) is 1. The molecule has 0 saturated heterocycles. The quantitative estimate of drug-likeness (QED) is 0.765. The van der Waals surface area contributed by atoms with E-state index in [2.05, 4.69) is 0 Å². The number of hydrogen-bond acceptors (Lipinski definition) is 3. The fraction of sp³-hybridized carbons (Fsp3) is 0.250. The number of aryl methyl sites for hydroxylation is 1. The Morgan fingerprint density at radius 1 is 1.47 bits per heavy atom. The monoisotopic (exact) mass is 204 g/mol. The molecule has 0 fully saturated rings. The van der Waals surface area contributed by atoms with Crippen LogP contribution in [0.5, 0.6) is 5.75 Å². The van der Waals surface area contributed by atoms with E-state index in [0.29, 0.717) is 17.8 Å². The van der Waals surface area contributed by atoms with E-state index in [0.717, 1.165) is 10.9 Å². The molecule has 15 heavy (non-hydrogen) atoms. The van der Waals surface area contributed by atoms with Gasteiger partial charge in [0.1, 0.15) is 11.3 Å². The van der Waals surface area contributed by atoms with Gasteiger partial charge in [0.05, 0.1) is 0 Å². The second-order valence-electron chi connectivity index (χ2n) is 3.51. The first-order valence-electron chi connectivity index (χ1n) is 4.88. The Hall–Kier alpha value is -1.77. The minimum Gasteiger partial charge on any atom is -0.508 e. The number of aromatic hydroxyl groups is 1. The topological polar surface area (TPSA) is 50.4 Å². The van der Waals surface area contributed by atoms with Gasteiger partial charge in [-0.25, -0.2) is 0 Å². The fourth-order valence-electron chi connectivity index (χ4n) is 1.64. The van der Waals surface area contributed by atoms with Gasteiger partial charge in [0.25, 0.3) is 0 Å². The van der Waals surface area contributed by atoms with Crippen molar-refractivity contribution in [1.82, 2.24) is 0 Å². The van der Waals surface area contributed by atoms with E-state index in [-0.39, 0.29) is 11.5 Å². The third kappa shape index (κ3) is 1.50. The number of phenols is 1. The van der Waals surface area contributed by atoms with E-state index >= 15 is 0 Å². The molecular formula is C12H12O3. The van der Waals surface area contributed by atoms with Crippen LogP contribution in [0.1, 0.15) is 29.5 Å². The standard InChI is InChI=1S/C12H12O3/c1-3-10(14)12-7(2)9-5-4-8(13)6-11(9)15-12/h4-6,13H,3H2,1-2H3. The summed E-state index contributed by atoms with van der Waals surface area (Å²) in [5.74, 6) is 0.535. The van der Waals surface area contributed by atoms with Gasteiger partial charge in [-0.15, -0.1) is 0 Å². The maximum atomic E-state index is 11.5. The van der Waals surface area contributed by atoms with Crippen molar-refractivity contribution in [3.8, 4) is 5.75 Å². The Bertz CT molecular complexity index is 523. The highest BCUT2D eigenvalue weighted by molar-refractivity contribution is 6.00. The molecule has 2 aromatic rings. The average Bonchev–Trinajstić information content (AvgIpc) is 2.54. The van der Waals surface area contributed by atoms with Gasteiger partial charge in [0.2, 0.25) is 0 Å². The van der Waals surface area contributed by atoms with Crippen LogP contribution in [0.3, 0.4) is 0 Å². The third-order valence-corrected chi connectivity index (χ3v) is 2.50. The lowest BCUT2D eigenvalue weighted by molar-refractivity contribution is 0.0962. The van der Waals surface area contributed by atoms with Gasteiger partial charge in [-0.1, -0.05) is 6.92 Å². The maximum absolute atomic E-state index is 11.5. The Morgan fingerprint density at radius 2 is 2.20 bits per heavy atom. The number of fused-ring (bicyclic) bond motifs is 1. The van der Waals surface area contributed by atoms with E-state index in [4.69, 9.17) is 4.42 Å². The molecule has 0 aliphatic carbocycles. The number of carbonyl (C=O) groups is 1.